The Hall–Kier alpha value is -2.77. The highest BCUT2D eigenvalue weighted by molar-refractivity contribution is 5.74. The Labute approximate surface area is 171 Å². The van der Waals surface area contributed by atoms with Crippen molar-refractivity contribution >= 4 is 18.2 Å². The van der Waals surface area contributed by atoms with E-state index in [0.29, 0.717) is 13.0 Å². The Morgan fingerprint density at radius 3 is 2.45 bits per heavy atom. The summed E-state index contributed by atoms with van der Waals surface area (Å²) >= 11 is 0. The topological polar surface area (TPSA) is 94.2 Å². The van der Waals surface area contributed by atoms with Gasteiger partial charge < -0.3 is 24.4 Å². The summed E-state index contributed by atoms with van der Waals surface area (Å²) in [6.07, 6.45) is -0.661. The summed E-state index contributed by atoms with van der Waals surface area (Å²) in [5.41, 5.74) is 0.221. The third kappa shape index (κ3) is 7.29. The fraction of sp³-hybridized carbons (Fsp3) is 0.571. The van der Waals surface area contributed by atoms with E-state index in [9.17, 15) is 14.4 Å². The molecule has 8 heteroatoms. The number of benzene rings is 1. The summed E-state index contributed by atoms with van der Waals surface area (Å²) in [7, 11) is 0. The fourth-order valence-electron chi connectivity index (χ4n) is 3.15. The van der Waals surface area contributed by atoms with E-state index in [1.165, 1.54) is 4.90 Å². The van der Waals surface area contributed by atoms with Gasteiger partial charge in [0, 0.05) is 6.54 Å². The highest BCUT2D eigenvalue weighted by atomic mass is 16.6. The molecule has 2 amide bonds. The number of amides is 2. The molecule has 0 radical (unpaired) electrons. The van der Waals surface area contributed by atoms with Gasteiger partial charge in [-0.15, -0.1) is 0 Å². The van der Waals surface area contributed by atoms with E-state index in [0.717, 1.165) is 5.56 Å². The van der Waals surface area contributed by atoms with Crippen LogP contribution in [0.25, 0.3) is 0 Å². The molecule has 1 aliphatic rings. The molecule has 1 aliphatic heterocycles. The van der Waals surface area contributed by atoms with Gasteiger partial charge in [0.1, 0.15) is 12.2 Å². The van der Waals surface area contributed by atoms with Gasteiger partial charge in [-0.05, 0) is 39.7 Å². The molecule has 2 rings (SSSR count). The number of hydrogen-bond acceptors (Lipinski definition) is 6. The first-order valence-electron chi connectivity index (χ1n) is 9.82. The first-order chi connectivity index (χ1) is 13.7. The van der Waals surface area contributed by atoms with Crippen LogP contribution in [0.15, 0.2) is 30.3 Å². The van der Waals surface area contributed by atoms with Crippen molar-refractivity contribution in [3.8, 4) is 0 Å². The van der Waals surface area contributed by atoms with Crippen LogP contribution >= 0.6 is 0 Å². The molecule has 0 aliphatic carbocycles. The number of rotatable bonds is 6. The summed E-state index contributed by atoms with van der Waals surface area (Å²) in [5.74, 6) is -0.434. The van der Waals surface area contributed by atoms with Crippen LogP contribution < -0.4 is 5.32 Å². The van der Waals surface area contributed by atoms with Crippen LogP contribution in [0.1, 0.15) is 46.1 Å². The molecule has 0 bridgehead atoms. The minimum Gasteiger partial charge on any atom is -0.466 e. The fourth-order valence-corrected chi connectivity index (χ4v) is 3.15. The second-order valence-corrected chi connectivity index (χ2v) is 7.85. The van der Waals surface area contributed by atoms with E-state index in [-0.39, 0.29) is 19.6 Å². The third-order valence-corrected chi connectivity index (χ3v) is 4.37. The Bertz CT molecular complexity index is 701. The molecule has 8 nitrogen and oxygen atoms in total. The molecule has 1 fully saturated rings. The Kier molecular flexibility index (Phi) is 7.87. The van der Waals surface area contributed by atoms with Gasteiger partial charge in [0.25, 0.3) is 0 Å². The number of alkyl carbamates (subject to hydrolysis) is 1. The monoisotopic (exact) mass is 406 g/mol. The van der Waals surface area contributed by atoms with E-state index in [1.807, 2.05) is 30.3 Å². The zero-order chi connectivity index (χ0) is 21.4. The molecule has 1 saturated heterocycles. The number of ether oxygens (including phenoxy) is 3. The van der Waals surface area contributed by atoms with Gasteiger partial charge in [0.15, 0.2) is 0 Å². The van der Waals surface area contributed by atoms with E-state index < -0.39 is 35.8 Å². The lowest BCUT2D eigenvalue weighted by Crippen LogP contribution is -2.49. The first kappa shape index (κ1) is 22.5. The van der Waals surface area contributed by atoms with Crippen molar-refractivity contribution in [1.29, 1.82) is 0 Å². The average molecular weight is 406 g/mol. The summed E-state index contributed by atoms with van der Waals surface area (Å²) in [5, 5.41) is 2.77. The van der Waals surface area contributed by atoms with Gasteiger partial charge in [-0.3, -0.25) is 4.79 Å². The molecular formula is C21H30N2O6. The largest absolute Gasteiger partial charge is 0.466 e. The molecule has 0 aromatic heterocycles. The quantitative estimate of drug-likeness (QED) is 0.576. The summed E-state index contributed by atoms with van der Waals surface area (Å²) in [6, 6.07) is 8.34. The van der Waals surface area contributed by atoms with Gasteiger partial charge >= 0.3 is 18.2 Å². The van der Waals surface area contributed by atoms with Crippen molar-refractivity contribution in [3.05, 3.63) is 35.9 Å². The van der Waals surface area contributed by atoms with Gasteiger partial charge in [-0.2, -0.15) is 0 Å². The van der Waals surface area contributed by atoms with Crippen molar-refractivity contribution in [2.45, 2.75) is 64.8 Å². The highest BCUT2D eigenvalue weighted by Gasteiger charge is 2.41. The summed E-state index contributed by atoms with van der Waals surface area (Å²) < 4.78 is 15.7. The number of likely N-dealkylation sites (tertiary alicyclic amines) is 1. The SMILES string of the molecule is CCOC(=O)C[C@@H]1[C@@H](NC(=O)OC(C)(C)C)CCN1C(=O)OCc1ccccc1. The van der Waals surface area contributed by atoms with Crippen molar-refractivity contribution in [1.82, 2.24) is 10.2 Å². The van der Waals surface area contributed by atoms with Crippen LogP contribution in [-0.4, -0.2) is 53.9 Å². The lowest BCUT2D eigenvalue weighted by Gasteiger charge is -2.28. The number of carbonyl (C=O) groups excluding carboxylic acids is 3. The first-order valence-corrected chi connectivity index (χ1v) is 9.82. The lowest BCUT2D eigenvalue weighted by molar-refractivity contribution is -0.144. The lowest BCUT2D eigenvalue weighted by atomic mass is 10.1. The minimum atomic E-state index is -0.645. The van der Waals surface area contributed by atoms with Crippen molar-refractivity contribution in [2.24, 2.45) is 0 Å². The predicted octanol–water partition coefficient (Wildman–Crippen LogP) is 3.24. The second-order valence-electron chi connectivity index (χ2n) is 7.85. The van der Waals surface area contributed by atoms with Crippen LogP contribution in [0, 0.1) is 0 Å². The molecule has 1 heterocycles. The van der Waals surface area contributed by atoms with Crippen molar-refractivity contribution in [3.63, 3.8) is 0 Å². The van der Waals surface area contributed by atoms with Crippen LogP contribution in [0.4, 0.5) is 9.59 Å². The maximum absolute atomic E-state index is 12.6. The Balaban J connectivity index is 2.03. The smallest absolute Gasteiger partial charge is 0.410 e. The van der Waals surface area contributed by atoms with Gasteiger partial charge in [0.2, 0.25) is 0 Å². The molecule has 1 aromatic carbocycles. The van der Waals surface area contributed by atoms with Gasteiger partial charge in [-0.1, -0.05) is 30.3 Å². The van der Waals surface area contributed by atoms with Crippen molar-refractivity contribution in [2.75, 3.05) is 13.2 Å². The maximum atomic E-state index is 12.6. The number of hydrogen-bond donors (Lipinski definition) is 1. The molecule has 160 valence electrons. The second kappa shape index (κ2) is 10.1. The van der Waals surface area contributed by atoms with E-state index >= 15 is 0 Å². The number of carbonyl (C=O) groups is 3. The Morgan fingerprint density at radius 1 is 1.14 bits per heavy atom. The van der Waals surface area contributed by atoms with Crippen molar-refractivity contribution < 1.29 is 28.6 Å². The molecule has 0 spiro atoms. The molecular weight excluding hydrogens is 376 g/mol. The molecule has 1 N–H and O–H groups in total. The third-order valence-electron chi connectivity index (χ3n) is 4.37. The number of esters is 1. The molecule has 1 aromatic rings. The number of nitrogens with one attached hydrogen (secondary N) is 1. The summed E-state index contributed by atoms with van der Waals surface area (Å²) in [4.78, 5) is 38.3. The molecule has 0 unspecified atom stereocenters. The standard InChI is InChI=1S/C21H30N2O6/c1-5-27-18(24)13-17-16(22-19(25)29-21(2,3)4)11-12-23(17)20(26)28-14-15-9-7-6-8-10-15/h6-10,16-17H,5,11-14H2,1-4H3,(H,22,25)/t16-,17+/m0/s1. The van der Waals surface area contributed by atoms with E-state index in [4.69, 9.17) is 14.2 Å². The van der Waals surface area contributed by atoms with Crippen LogP contribution in [-0.2, 0) is 25.6 Å². The van der Waals surface area contributed by atoms with Crippen LogP contribution in [0.3, 0.4) is 0 Å². The molecule has 0 saturated carbocycles. The number of nitrogens with zero attached hydrogens (tertiary/aromatic N) is 1. The Morgan fingerprint density at radius 2 is 1.83 bits per heavy atom. The molecule has 2 atom stereocenters. The predicted molar refractivity (Wildman–Crippen MR) is 106 cm³/mol. The van der Waals surface area contributed by atoms with Crippen LogP contribution in [0.5, 0.6) is 0 Å². The van der Waals surface area contributed by atoms with E-state index in [1.54, 1.807) is 27.7 Å². The van der Waals surface area contributed by atoms with Gasteiger partial charge in [-0.25, -0.2) is 9.59 Å². The minimum absolute atomic E-state index is 0.0330. The average Bonchev–Trinajstić information content (AvgIpc) is 3.01. The summed E-state index contributed by atoms with van der Waals surface area (Å²) in [6.45, 7) is 7.76. The van der Waals surface area contributed by atoms with Gasteiger partial charge in [0.05, 0.1) is 25.1 Å². The zero-order valence-corrected chi connectivity index (χ0v) is 17.5. The molecule has 29 heavy (non-hydrogen) atoms. The zero-order valence-electron chi connectivity index (χ0n) is 17.5. The van der Waals surface area contributed by atoms with E-state index in [2.05, 4.69) is 5.32 Å². The highest BCUT2D eigenvalue weighted by Crippen LogP contribution is 2.23. The van der Waals surface area contributed by atoms with Crippen LogP contribution in [0.2, 0.25) is 0 Å². The maximum Gasteiger partial charge on any atom is 0.410 e. The normalized spacial score (nSPS) is 18.8.